The summed E-state index contributed by atoms with van der Waals surface area (Å²) < 4.78 is 19.2. The number of aromatic nitrogens is 8. The van der Waals surface area contributed by atoms with Gasteiger partial charge in [-0.05, 0) is 133 Å². The standard InChI is InChI=1S/C85H45N11O/c86-43-49-21-29-76-63(35-49)61-15-5-10-20-75(61)96(76)56-40-70-84(91-47-56)83-69(39-55(46-90-83)95-73-18-8-3-13-59(73)60-14-4-9-19-74(60)95)85(70)67-27-24-53(93-71-16-6-1-11-57(71)58-12-2-7-17-72(58)93)41-81(67)97-82-42-54(25-28-68(82)85)94-79-32-26-52(38-66(79)62-33-34-89-48-80(62)94)92-77-30-22-50(44-87)36-64(77)65-37-51(45-88)23-31-78(65)92/h1-42,46-48H. The fourth-order valence-corrected chi connectivity index (χ4v) is 16.6. The third kappa shape index (κ3) is 7.02. The first-order valence-corrected chi connectivity index (χ1v) is 32.1. The summed E-state index contributed by atoms with van der Waals surface area (Å²) in [5.41, 5.74) is 20.3. The van der Waals surface area contributed by atoms with Crippen LogP contribution in [0.4, 0.5) is 0 Å². The average Bonchev–Trinajstić information content (AvgIpc) is 1.55. The van der Waals surface area contributed by atoms with Crippen LogP contribution in [0.1, 0.15) is 38.9 Å². The summed E-state index contributed by atoms with van der Waals surface area (Å²) in [7, 11) is 0. The van der Waals surface area contributed by atoms with Crippen LogP contribution in [0, 0.1) is 34.0 Å². The topological polar surface area (TPSA) is 144 Å². The van der Waals surface area contributed by atoms with E-state index in [1.54, 1.807) is 0 Å². The zero-order valence-electron chi connectivity index (χ0n) is 51.3. The molecule has 0 radical (unpaired) electrons. The molecule has 2 aliphatic rings. The monoisotopic (exact) mass is 1240 g/mol. The van der Waals surface area contributed by atoms with Crippen LogP contribution < -0.4 is 4.74 Å². The van der Waals surface area contributed by atoms with Crippen molar-refractivity contribution in [1.82, 2.24) is 37.8 Å². The van der Waals surface area contributed by atoms with Gasteiger partial charge in [-0.2, -0.15) is 15.8 Å². The Bertz CT molecular complexity index is 6750. The van der Waals surface area contributed by atoms with E-state index in [0.717, 1.165) is 171 Å². The van der Waals surface area contributed by atoms with Crippen LogP contribution in [0.25, 0.3) is 149 Å². The van der Waals surface area contributed by atoms with Crippen molar-refractivity contribution in [3.8, 4) is 69.5 Å². The van der Waals surface area contributed by atoms with Gasteiger partial charge >= 0.3 is 0 Å². The Balaban J connectivity index is 0.846. The summed E-state index contributed by atoms with van der Waals surface area (Å²) >= 11 is 0. The molecule has 8 aromatic heterocycles. The average molecular weight is 1240 g/mol. The lowest BCUT2D eigenvalue weighted by molar-refractivity contribution is 0.436. The Kier molecular flexibility index (Phi) is 10.5. The lowest BCUT2D eigenvalue weighted by Gasteiger charge is -2.39. The molecule has 0 bridgehead atoms. The van der Waals surface area contributed by atoms with E-state index < -0.39 is 5.41 Å². The number of hydrogen-bond donors (Lipinski definition) is 0. The van der Waals surface area contributed by atoms with Crippen molar-refractivity contribution < 1.29 is 4.74 Å². The number of ether oxygens (including phenoxy) is 1. The highest BCUT2D eigenvalue weighted by Crippen LogP contribution is 2.63. The lowest BCUT2D eigenvalue weighted by Crippen LogP contribution is -2.32. The van der Waals surface area contributed by atoms with Crippen molar-refractivity contribution in [2.24, 2.45) is 0 Å². The fourth-order valence-electron chi connectivity index (χ4n) is 16.6. The van der Waals surface area contributed by atoms with Crippen molar-refractivity contribution >= 4 is 109 Å². The van der Waals surface area contributed by atoms with Crippen molar-refractivity contribution in [1.29, 1.82) is 15.8 Å². The van der Waals surface area contributed by atoms with E-state index in [1.807, 2.05) is 73.3 Å². The molecule has 9 heterocycles. The maximum absolute atomic E-state index is 10.2. The first-order chi connectivity index (χ1) is 47.9. The van der Waals surface area contributed by atoms with Gasteiger partial charge < -0.3 is 27.6 Å². The maximum Gasteiger partial charge on any atom is 0.134 e. The third-order valence-electron chi connectivity index (χ3n) is 20.6. The van der Waals surface area contributed by atoms with Crippen molar-refractivity contribution in [3.63, 3.8) is 0 Å². The Morgan fingerprint density at radius 3 is 1.04 bits per heavy atom. The van der Waals surface area contributed by atoms with Crippen molar-refractivity contribution in [2.75, 3.05) is 0 Å². The molecule has 1 atom stereocenters. The number of fused-ring (bicyclic) bond motifs is 24. The quantitative estimate of drug-likeness (QED) is 0.167. The number of nitriles is 3. The highest BCUT2D eigenvalue weighted by Gasteiger charge is 2.53. The number of benzene rings is 11. The highest BCUT2D eigenvalue weighted by atomic mass is 16.5. The molecule has 12 nitrogen and oxygen atoms in total. The number of para-hydroxylation sites is 5. The molecular formula is C85H45N11O. The second-order valence-electron chi connectivity index (χ2n) is 25.3. The molecule has 21 rings (SSSR count). The summed E-state index contributed by atoms with van der Waals surface area (Å²) in [6.07, 6.45) is 7.76. The molecule has 446 valence electrons. The number of rotatable bonds is 5. The zero-order chi connectivity index (χ0) is 63.9. The fraction of sp³-hybridized carbons (Fsp3) is 0.0118. The van der Waals surface area contributed by atoms with Crippen LogP contribution in [0.3, 0.4) is 0 Å². The minimum absolute atomic E-state index is 0.548. The highest BCUT2D eigenvalue weighted by molar-refractivity contribution is 6.15. The Morgan fingerprint density at radius 2 is 0.608 bits per heavy atom. The van der Waals surface area contributed by atoms with Gasteiger partial charge in [-0.15, -0.1) is 0 Å². The first kappa shape index (κ1) is 52.7. The molecule has 0 saturated heterocycles. The molecule has 12 heteroatoms. The van der Waals surface area contributed by atoms with Crippen LogP contribution >= 0.6 is 0 Å². The van der Waals surface area contributed by atoms with Gasteiger partial charge in [0.25, 0.3) is 0 Å². The minimum atomic E-state index is -1.11. The molecule has 1 aliphatic heterocycles. The molecular weight excluding hydrogens is 1190 g/mol. The summed E-state index contributed by atoms with van der Waals surface area (Å²) in [6.45, 7) is 0. The Hall–Kier alpha value is -13.9. The first-order valence-electron chi connectivity index (χ1n) is 32.1. The van der Waals surface area contributed by atoms with Crippen molar-refractivity contribution in [2.45, 2.75) is 5.41 Å². The van der Waals surface area contributed by atoms with E-state index in [1.165, 1.54) is 0 Å². The van der Waals surface area contributed by atoms with Gasteiger partial charge in [0.2, 0.25) is 0 Å². The van der Waals surface area contributed by atoms with Gasteiger partial charge in [-0.3, -0.25) is 15.0 Å². The number of hydrogen-bond acceptors (Lipinski definition) is 7. The normalized spacial score (nSPS) is 13.9. The van der Waals surface area contributed by atoms with Crippen LogP contribution in [-0.2, 0) is 5.41 Å². The van der Waals surface area contributed by atoms with E-state index in [-0.39, 0.29) is 0 Å². The molecule has 0 amide bonds. The lowest BCUT2D eigenvalue weighted by atomic mass is 9.66. The number of nitrogens with zero attached hydrogens (tertiary/aromatic N) is 11. The van der Waals surface area contributed by atoms with E-state index in [0.29, 0.717) is 28.2 Å². The van der Waals surface area contributed by atoms with Gasteiger partial charge in [-0.1, -0.05) is 103 Å². The SMILES string of the molecule is N#Cc1ccc2c(c1)c1ccccc1n2-c1cnc2c(c1)C1(c3ccc(-n4c5ccccc5c5ccccc54)cc3Oc3cc(-n4c5ccc(-n6c7ccc(C#N)cc7c7cc(C#N)ccc76)cc5c5ccncc54)ccc31)c1cc(-n3c4ccccc4c4ccccc43)cnc1-2. The van der Waals surface area contributed by atoms with Gasteiger partial charge in [0.05, 0.1) is 137 Å². The van der Waals surface area contributed by atoms with E-state index in [2.05, 4.69) is 241 Å². The zero-order valence-corrected chi connectivity index (χ0v) is 51.3. The molecule has 0 N–H and O–H groups in total. The summed E-state index contributed by atoms with van der Waals surface area (Å²) in [4.78, 5) is 16.0. The van der Waals surface area contributed by atoms with Crippen molar-refractivity contribution in [3.05, 3.63) is 312 Å². The predicted molar refractivity (Wildman–Crippen MR) is 383 cm³/mol. The van der Waals surface area contributed by atoms with Gasteiger partial charge in [0.15, 0.2) is 0 Å². The molecule has 1 spiro atoms. The van der Waals surface area contributed by atoms with E-state index in [9.17, 15) is 15.8 Å². The van der Waals surface area contributed by atoms with E-state index >= 15 is 0 Å². The molecule has 0 saturated carbocycles. The minimum Gasteiger partial charge on any atom is -0.457 e. The summed E-state index contributed by atoms with van der Waals surface area (Å²) in [5, 5.41) is 40.7. The summed E-state index contributed by atoms with van der Waals surface area (Å²) in [6, 6.07) is 93.9. The smallest absolute Gasteiger partial charge is 0.134 e. The molecule has 0 fully saturated rings. The van der Waals surface area contributed by atoms with Gasteiger partial charge in [0.1, 0.15) is 11.5 Å². The van der Waals surface area contributed by atoms with Crippen LogP contribution in [0.5, 0.6) is 11.5 Å². The number of pyridine rings is 3. The van der Waals surface area contributed by atoms with Gasteiger partial charge in [0, 0.05) is 112 Å². The van der Waals surface area contributed by atoms with Crippen LogP contribution in [0.15, 0.2) is 274 Å². The largest absolute Gasteiger partial charge is 0.457 e. The molecule has 1 aliphatic carbocycles. The van der Waals surface area contributed by atoms with Crippen LogP contribution in [-0.4, -0.2) is 37.8 Å². The van der Waals surface area contributed by atoms with Crippen LogP contribution in [0.2, 0.25) is 0 Å². The molecule has 1 unspecified atom stereocenters. The second kappa shape index (κ2) is 19.4. The third-order valence-corrected chi connectivity index (χ3v) is 20.6. The second-order valence-corrected chi connectivity index (χ2v) is 25.3. The molecule has 11 aromatic carbocycles. The Morgan fingerprint density at radius 1 is 0.278 bits per heavy atom. The summed E-state index contributed by atoms with van der Waals surface area (Å²) in [5.74, 6) is 1.34. The van der Waals surface area contributed by atoms with E-state index in [4.69, 9.17) is 19.7 Å². The maximum atomic E-state index is 10.2. The Labute approximate surface area is 551 Å². The molecule has 97 heavy (non-hydrogen) atoms. The van der Waals surface area contributed by atoms with Gasteiger partial charge in [-0.25, -0.2) is 0 Å². The predicted octanol–water partition coefficient (Wildman–Crippen LogP) is 19.4. The molecule has 19 aromatic rings.